The Labute approximate surface area is 152 Å². The number of sulfone groups is 1. The van der Waals surface area contributed by atoms with E-state index in [1.807, 2.05) is 39.0 Å². The molecule has 0 unspecified atom stereocenters. The maximum Gasteiger partial charge on any atom is 0.233 e. The molecular weight excluding hydrogens is 356 g/mol. The van der Waals surface area contributed by atoms with Crippen LogP contribution in [0.2, 0.25) is 0 Å². The van der Waals surface area contributed by atoms with Crippen molar-refractivity contribution in [2.24, 2.45) is 0 Å². The van der Waals surface area contributed by atoms with Gasteiger partial charge in [0.15, 0.2) is 9.84 Å². The van der Waals surface area contributed by atoms with Crippen LogP contribution in [0.1, 0.15) is 24.5 Å². The summed E-state index contributed by atoms with van der Waals surface area (Å²) in [5.41, 5.74) is 3.20. The third kappa shape index (κ3) is 4.15. The lowest BCUT2D eigenvalue weighted by Gasteiger charge is -2.16. The van der Waals surface area contributed by atoms with Gasteiger partial charge in [-0.05, 0) is 44.4 Å². The van der Waals surface area contributed by atoms with Gasteiger partial charge in [-0.2, -0.15) is 0 Å². The molecule has 3 rings (SSSR count). The Balaban J connectivity index is 1.72. The lowest BCUT2D eigenvalue weighted by Crippen LogP contribution is -2.39. The summed E-state index contributed by atoms with van der Waals surface area (Å²) in [5, 5.41) is 4.44. The summed E-state index contributed by atoms with van der Waals surface area (Å²) in [4.78, 5) is 17.1. The molecule has 1 amide bonds. The Morgan fingerprint density at radius 3 is 2.76 bits per heavy atom. The van der Waals surface area contributed by atoms with Gasteiger partial charge in [-0.25, -0.2) is 13.4 Å². The van der Waals surface area contributed by atoms with Crippen LogP contribution in [0.15, 0.2) is 29.3 Å². The standard InChI is InChI=1S/C18H22N2O3S2/c1-11-5-4-6-15-12(2)9-16(20-17(11)15)24-13(3)18(21)19-14-7-8-25(22,23)10-14/h4-6,9,13-14H,7-8,10H2,1-3H3,(H,19,21)/t13-,14-/m0/s1. The molecule has 1 aliphatic rings. The number of rotatable bonds is 4. The summed E-state index contributed by atoms with van der Waals surface area (Å²) in [7, 11) is -2.99. The fraction of sp³-hybridized carbons (Fsp3) is 0.444. The number of nitrogens with zero attached hydrogens (tertiary/aromatic N) is 1. The highest BCUT2D eigenvalue weighted by Crippen LogP contribution is 2.28. The number of pyridine rings is 1. The normalized spacial score (nSPS) is 20.5. The quantitative estimate of drug-likeness (QED) is 0.828. The van der Waals surface area contributed by atoms with Gasteiger partial charge in [0.2, 0.25) is 5.91 Å². The highest BCUT2D eigenvalue weighted by Gasteiger charge is 2.30. The average molecular weight is 379 g/mol. The van der Waals surface area contributed by atoms with Crippen LogP contribution >= 0.6 is 11.8 Å². The monoisotopic (exact) mass is 378 g/mol. The number of benzene rings is 1. The summed E-state index contributed by atoms with van der Waals surface area (Å²) >= 11 is 1.40. The molecule has 0 aliphatic carbocycles. The van der Waals surface area contributed by atoms with Gasteiger partial charge >= 0.3 is 0 Å². The van der Waals surface area contributed by atoms with Crippen LogP contribution in [0, 0.1) is 13.8 Å². The van der Waals surface area contributed by atoms with E-state index in [-0.39, 0.29) is 28.7 Å². The van der Waals surface area contributed by atoms with Gasteiger partial charge in [0.25, 0.3) is 0 Å². The Hall–Kier alpha value is -1.60. The lowest BCUT2D eigenvalue weighted by molar-refractivity contribution is -0.120. The van der Waals surface area contributed by atoms with Crippen molar-refractivity contribution in [3.63, 3.8) is 0 Å². The molecule has 2 atom stereocenters. The molecule has 5 nitrogen and oxygen atoms in total. The molecule has 1 aromatic carbocycles. The second-order valence-electron chi connectivity index (χ2n) is 6.62. The maximum atomic E-state index is 12.4. The molecule has 0 spiro atoms. The first-order chi connectivity index (χ1) is 11.7. The summed E-state index contributed by atoms with van der Waals surface area (Å²) < 4.78 is 23.0. The minimum absolute atomic E-state index is 0.0443. The second-order valence-corrected chi connectivity index (χ2v) is 10.2. The van der Waals surface area contributed by atoms with Gasteiger partial charge in [-0.3, -0.25) is 4.79 Å². The molecule has 2 aromatic rings. The van der Waals surface area contributed by atoms with Crippen molar-refractivity contribution in [2.45, 2.75) is 43.5 Å². The molecular formula is C18H22N2O3S2. The minimum atomic E-state index is -2.99. The van der Waals surface area contributed by atoms with Crippen LogP contribution in [0.25, 0.3) is 10.9 Å². The number of carbonyl (C=O) groups excluding carboxylic acids is 1. The molecule has 2 heterocycles. The average Bonchev–Trinajstić information content (AvgIpc) is 2.87. The minimum Gasteiger partial charge on any atom is -0.351 e. The number of para-hydroxylation sites is 1. The van der Waals surface area contributed by atoms with Gasteiger partial charge in [-0.1, -0.05) is 30.0 Å². The van der Waals surface area contributed by atoms with E-state index in [1.54, 1.807) is 0 Å². The van der Waals surface area contributed by atoms with Crippen LogP contribution in [0.3, 0.4) is 0 Å². The first-order valence-corrected chi connectivity index (χ1v) is 11.0. The van der Waals surface area contributed by atoms with Crippen LogP contribution in [-0.2, 0) is 14.6 Å². The van der Waals surface area contributed by atoms with Crippen molar-refractivity contribution >= 4 is 38.4 Å². The van der Waals surface area contributed by atoms with Crippen molar-refractivity contribution in [2.75, 3.05) is 11.5 Å². The Bertz CT molecular complexity index is 925. The van der Waals surface area contributed by atoms with Crippen LogP contribution < -0.4 is 5.32 Å². The van der Waals surface area contributed by atoms with E-state index < -0.39 is 9.84 Å². The van der Waals surface area contributed by atoms with Crippen molar-refractivity contribution < 1.29 is 13.2 Å². The Morgan fingerprint density at radius 1 is 1.32 bits per heavy atom. The molecule has 1 aromatic heterocycles. The van der Waals surface area contributed by atoms with Crippen molar-refractivity contribution in [1.82, 2.24) is 10.3 Å². The van der Waals surface area contributed by atoms with E-state index in [9.17, 15) is 13.2 Å². The number of hydrogen-bond acceptors (Lipinski definition) is 5. The van der Waals surface area contributed by atoms with Crippen LogP contribution in [-0.4, -0.2) is 42.1 Å². The number of aromatic nitrogens is 1. The van der Waals surface area contributed by atoms with E-state index in [2.05, 4.69) is 11.4 Å². The number of aryl methyl sites for hydroxylation is 2. The van der Waals surface area contributed by atoms with E-state index in [0.29, 0.717) is 6.42 Å². The van der Waals surface area contributed by atoms with Crippen molar-refractivity contribution in [3.8, 4) is 0 Å². The number of carbonyl (C=O) groups is 1. The van der Waals surface area contributed by atoms with E-state index in [4.69, 9.17) is 4.98 Å². The smallest absolute Gasteiger partial charge is 0.233 e. The zero-order chi connectivity index (χ0) is 18.2. The highest BCUT2D eigenvalue weighted by molar-refractivity contribution is 8.00. The fourth-order valence-electron chi connectivity index (χ4n) is 3.05. The highest BCUT2D eigenvalue weighted by atomic mass is 32.2. The summed E-state index contributed by atoms with van der Waals surface area (Å²) in [6.45, 7) is 5.89. The van der Waals surface area contributed by atoms with Gasteiger partial charge in [-0.15, -0.1) is 0 Å². The van der Waals surface area contributed by atoms with Gasteiger partial charge < -0.3 is 5.32 Å². The number of thioether (sulfide) groups is 1. The molecule has 25 heavy (non-hydrogen) atoms. The zero-order valence-corrected chi connectivity index (χ0v) is 16.2. The maximum absolute atomic E-state index is 12.4. The molecule has 0 radical (unpaired) electrons. The predicted molar refractivity (Wildman–Crippen MR) is 102 cm³/mol. The van der Waals surface area contributed by atoms with Crippen LogP contribution in [0.5, 0.6) is 0 Å². The summed E-state index contributed by atoms with van der Waals surface area (Å²) in [5.74, 6) is 0.0590. The topological polar surface area (TPSA) is 76.1 Å². The summed E-state index contributed by atoms with van der Waals surface area (Å²) in [6.07, 6.45) is 0.498. The fourth-order valence-corrected chi connectivity index (χ4v) is 5.65. The first-order valence-electron chi connectivity index (χ1n) is 8.29. The summed E-state index contributed by atoms with van der Waals surface area (Å²) in [6, 6.07) is 7.82. The molecule has 1 aliphatic heterocycles. The van der Waals surface area contributed by atoms with E-state index in [1.165, 1.54) is 11.8 Å². The predicted octanol–water partition coefficient (Wildman–Crippen LogP) is 2.64. The van der Waals surface area contributed by atoms with Crippen LogP contribution in [0.4, 0.5) is 0 Å². The Kier molecular flexibility index (Phi) is 5.06. The largest absolute Gasteiger partial charge is 0.351 e. The van der Waals surface area contributed by atoms with E-state index in [0.717, 1.165) is 27.1 Å². The van der Waals surface area contributed by atoms with E-state index >= 15 is 0 Å². The second kappa shape index (κ2) is 6.96. The molecule has 1 fully saturated rings. The molecule has 134 valence electrons. The molecule has 7 heteroatoms. The Morgan fingerprint density at radius 2 is 2.08 bits per heavy atom. The number of hydrogen-bond donors (Lipinski definition) is 1. The van der Waals surface area contributed by atoms with Crippen molar-refractivity contribution in [3.05, 3.63) is 35.4 Å². The molecule has 1 saturated heterocycles. The third-order valence-electron chi connectivity index (χ3n) is 4.47. The number of nitrogens with one attached hydrogen (secondary N) is 1. The zero-order valence-electron chi connectivity index (χ0n) is 14.6. The molecule has 0 bridgehead atoms. The van der Waals surface area contributed by atoms with Gasteiger partial charge in [0.1, 0.15) is 0 Å². The SMILES string of the molecule is Cc1cc(S[C@@H](C)C(=O)N[C@H]2CCS(=O)(=O)C2)nc2c(C)cccc12. The lowest BCUT2D eigenvalue weighted by atomic mass is 10.1. The number of fused-ring (bicyclic) bond motifs is 1. The number of amides is 1. The first kappa shape index (κ1) is 18.2. The molecule has 1 N–H and O–H groups in total. The third-order valence-corrected chi connectivity index (χ3v) is 7.26. The van der Waals surface area contributed by atoms with Crippen molar-refractivity contribution in [1.29, 1.82) is 0 Å². The molecule has 0 saturated carbocycles. The van der Waals surface area contributed by atoms with Gasteiger partial charge in [0.05, 0.1) is 27.3 Å². The van der Waals surface area contributed by atoms with Gasteiger partial charge in [0, 0.05) is 11.4 Å².